The van der Waals surface area contributed by atoms with Crippen molar-refractivity contribution in [3.63, 3.8) is 0 Å². The Labute approximate surface area is 139 Å². The zero-order chi connectivity index (χ0) is 16.1. The van der Waals surface area contributed by atoms with Crippen LogP contribution in [0.2, 0.25) is 5.02 Å². The van der Waals surface area contributed by atoms with Crippen LogP contribution in [0.3, 0.4) is 0 Å². The van der Waals surface area contributed by atoms with Gasteiger partial charge in [0.05, 0.1) is 17.5 Å². The highest BCUT2D eigenvalue weighted by molar-refractivity contribution is 6.30. The largest absolute Gasteiger partial charge is 0.323 e. The second-order valence-electron chi connectivity index (χ2n) is 4.86. The van der Waals surface area contributed by atoms with Gasteiger partial charge in [0.25, 0.3) is 5.91 Å². The molecule has 2 aromatic carbocycles. The van der Waals surface area contributed by atoms with E-state index in [0.717, 1.165) is 11.3 Å². The van der Waals surface area contributed by atoms with Crippen LogP contribution in [0.4, 0.5) is 0 Å². The number of hydrogen-bond acceptors (Lipinski definition) is 2. The van der Waals surface area contributed by atoms with Crippen LogP contribution in [0.1, 0.15) is 15.9 Å². The third kappa shape index (κ3) is 3.67. The highest BCUT2D eigenvalue weighted by atomic mass is 35.5. The van der Waals surface area contributed by atoms with Gasteiger partial charge in [-0.25, -0.2) is 5.43 Å². The van der Waals surface area contributed by atoms with Crippen molar-refractivity contribution in [1.29, 1.82) is 0 Å². The number of benzene rings is 2. The molecule has 23 heavy (non-hydrogen) atoms. The molecule has 4 nitrogen and oxygen atoms in total. The summed E-state index contributed by atoms with van der Waals surface area (Å²) >= 11 is 5.83. The minimum atomic E-state index is -0.264. The van der Waals surface area contributed by atoms with Crippen LogP contribution in [0, 0.1) is 0 Å². The number of carbonyl (C=O) groups is 1. The third-order valence-corrected chi connectivity index (χ3v) is 3.53. The molecular formula is C18H14ClN3O. The maximum absolute atomic E-state index is 12.3. The van der Waals surface area contributed by atoms with Crippen molar-refractivity contribution >= 4 is 23.7 Å². The van der Waals surface area contributed by atoms with Gasteiger partial charge in [0.15, 0.2) is 0 Å². The van der Waals surface area contributed by atoms with Crippen LogP contribution < -0.4 is 5.43 Å². The lowest BCUT2D eigenvalue weighted by molar-refractivity contribution is 0.0955. The van der Waals surface area contributed by atoms with Crippen LogP contribution in [0.15, 0.2) is 78.2 Å². The second kappa shape index (κ2) is 6.94. The number of nitrogens with zero attached hydrogens (tertiary/aromatic N) is 2. The normalized spacial score (nSPS) is 10.8. The lowest BCUT2D eigenvalue weighted by Crippen LogP contribution is -2.19. The molecule has 0 bridgehead atoms. The summed E-state index contributed by atoms with van der Waals surface area (Å²) in [5, 5.41) is 4.65. The van der Waals surface area contributed by atoms with Gasteiger partial charge in [-0.1, -0.05) is 35.9 Å². The van der Waals surface area contributed by atoms with Gasteiger partial charge in [0.1, 0.15) is 0 Å². The molecule has 0 aliphatic rings. The summed E-state index contributed by atoms with van der Waals surface area (Å²) in [5.41, 5.74) is 4.76. The molecule has 0 saturated heterocycles. The van der Waals surface area contributed by atoms with E-state index >= 15 is 0 Å². The Morgan fingerprint density at radius 2 is 1.70 bits per heavy atom. The van der Waals surface area contributed by atoms with E-state index in [0.29, 0.717) is 10.6 Å². The first kappa shape index (κ1) is 15.1. The third-order valence-electron chi connectivity index (χ3n) is 3.28. The fourth-order valence-electron chi connectivity index (χ4n) is 2.16. The number of rotatable bonds is 4. The van der Waals surface area contributed by atoms with Crippen molar-refractivity contribution in [2.24, 2.45) is 5.10 Å². The molecule has 114 valence electrons. The Hall–Kier alpha value is -2.85. The van der Waals surface area contributed by atoms with Gasteiger partial charge in [0.2, 0.25) is 0 Å². The van der Waals surface area contributed by atoms with Gasteiger partial charge in [-0.05, 0) is 42.0 Å². The van der Waals surface area contributed by atoms with Gasteiger partial charge in [-0.3, -0.25) is 4.79 Å². The minimum Gasteiger partial charge on any atom is -0.323 e. The van der Waals surface area contributed by atoms with E-state index in [2.05, 4.69) is 10.5 Å². The van der Waals surface area contributed by atoms with E-state index in [9.17, 15) is 4.79 Å². The molecule has 0 aliphatic carbocycles. The summed E-state index contributed by atoms with van der Waals surface area (Å²) < 4.78 is 1.89. The van der Waals surface area contributed by atoms with Crippen LogP contribution in [-0.4, -0.2) is 16.7 Å². The summed E-state index contributed by atoms with van der Waals surface area (Å²) in [6.07, 6.45) is 5.36. The first-order valence-electron chi connectivity index (χ1n) is 7.05. The topological polar surface area (TPSA) is 46.4 Å². The Balaban J connectivity index is 1.75. The molecular weight excluding hydrogens is 310 g/mol. The Morgan fingerprint density at radius 3 is 2.43 bits per heavy atom. The molecule has 0 atom stereocenters. The predicted molar refractivity (Wildman–Crippen MR) is 92.3 cm³/mol. The standard InChI is InChI=1S/C18H14ClN3O/c19-15-9-7-14(8-10-15)13-20-21-18(23)16-5-1-2-6-17(16)22-11-3-4-12-22/h1-13H,(H,21,23). The molecule has 0 spiro atoms. The smallest absolute Gasteiger partial charge is 0.273 e. The van der Waals surface area contributed by atoms with Crippen molar-refractivity contribution in [1.82, 2.24) is 9.99 Å². The molecule has 5 heteroatoms. The number of para-hydroxylation sites is 1. The Kier molecular flexibility index (Phi) is 4.54. The number of carbonyl (C=O) groups excluding carboxylic acids is 1. The summed E-state index contributed by atoms with van der Waals surface area (Å²) in [5.74, 6) is -0.264. The van der Waals surface area contributed by atoms with Gasteiger partial charge in [-0.15, -0.1) is 0 Å². The molecule has 0 unspecified atom stereocenters. The number of amides is 1. The van der Waals surface area contributed by atoms with E-state index in [4.69, 9.17) is 11.6 Å². The quantitative estimate of drug-likeness (QED) is 0.574. The maximum atomic E-state index is 12.3. The summed E-state index contributed by atoms with van der Waals surface area (Å²) in [7, 11) is 0. The van der Waals surface area contributed by atoms with Crippen LogP contribution >= 0.6 is 11.6 Å². The predicted octanol–water partition coefficient (Wildman–Crippen LogP) is 3.89. The summed E-state index contributed by atoms with van der Waals surface area (Å²) in [6, 6.07) is 18.4. The monoisotopic (exact) mass is 323 g/mol. The number of hydrazone groups is 1. The summed E-state index contributed by atoms with van der Waals surface area (Å²) in [4.78, 5) is 12.3. The fraction of sp³-hybridized carbons (Fsp3) is 0. The van der Waals surface area contributed by atoms with Crippen molar-refractivity contribution in [2.75, 3.05) is 0 Å². The van der Waals surface area contributed by atoms with Crippen molar-refractivity contribution in [3.05, 3.63) is 89.2 Å². The lowest BCUT2D eigenvalue weighted by Gasteiger charge is -2.08. The molecule has 0 fully saturated rings. The second-order valence-corrected chi connectivity index (χ2v) is 5.29. The zero-order valence-corrected chi connectivity index (χ0v) is 12.9. The Morgan fingerprint density at radius 1 is 1.00 bits per heavy atom. The molecule has 1 aromatic heterocycles. The molecule has 0 saturated carbocycles. The number of hydrogen-bond donors (Lipinski definition) is 1. The van der Waals surface area contributed by atoms with E-state index in [-0.39, 0.29) is 5.91 Å². The molecule has 0 radical (unpaired) electrons. The number of aromatic nitrogens is 1. The average Bonchev–Trinajstić information content (AvgIpc) is 3.11. The number of halogens is 1. The van der Waals surface area contributed by atoms with Gasteiger partial charge < -0.3 is 4.57 Å². The first-order valence-corrected chi connectivity index (χ1v) is 7.43. The average molecular weight is 324 g/mol. The molecule has 1 amide bonds. The van der Waals surface area contributed by atoms with Crippen molar-refractivity contribution in [2.45, 2.75) is 0 Å². The lowest BCUT2D eigenvalue weighted by atomic mass is 10.1. The SMILES string of the molecule is O=C(NN=Cc1ccc(Cl)cc1)c1ccccc1-n1cccc1. The fourth-order valence-corrected chi connectivity index (χ4v) is 2.29. The van der Waals surface area contributed by atoms with Crippen LogP contribution in [0.25, 0.3) is 5.69 Å². The molecule has 3 rings (SSSR count). The number of nitrogens with one attached hydrogen (secondary N) is 1. The highest BCUT2D eigenvalue weighted by Crippen LogP contribution is 2.14. The molecule has 3 aromatic rings. The maximum Gasteiger partial charge on any atom is 0.273 e. The van der Waals surface area contributed by atoms with Gasteiger partial charge in [-0.2, -0.15) is 5.10 Å². The van der Waals surface area contributed by atoms with E-state index in [1.807, 2.05) is 59.4 Å². The Bertz CT molecular complexity index is 824. The van der Waals surface area contributed by atoms with Gasteiger partial charge >= 0.3 is 0 Å². The van der Waals surface area contributed by atoms with E-state index in [1.54, 1.807) is 24.4 Å². The van der Waals surface area contributed by atoms with Gasteiger partial charge in [0, 0.05) is 17.4 Å². The molecule has 0 aliphatic heterocycles. The molecule has 1 N–H and O–H groups in total. The van der Waals surface area contributed by atoms with Crippen molar-refractivity contribution < 1.29 is 4.79 Å². The van der Waals surface area contributed by atoms with E-state index in [1.165, 1.54) is 0 Å². The molecule has 1 heterocycles. The van der Waals surface area contributed by atoms with E-state index < -0.39 is 0 Å². The highest BCUT2D eigenvalue weighted by Gasteiger charge is 2.10. The van der Waals surface area contributed by atoms with Crippen LogP contribution in [-0.2, 0) is 0 Å². The summed E-state index contributed by atoms with van der Waals surface area (Å²) in [6.45, 7) is 0. The minimum absolute atomic E-state index is 0.264. The zero-order valence-electron chi connectivity index (χ0n) is 12.2. The van der Waals surface area contributed by atoms with Crippen molar-refractivity contribution in [3.8, 4) is 5.69 Å². The first-order chi connectivity index (χ1) is 11.2. The van der Waals surface area contributed by atoms with Crippen LogP contribution in [0.5, 0.6) is 0 Å².